The van der Waals surface area contributed by atoms with E-state index in [1.165, 1.54) is 11.8 Å². The number of thioether (sulfide) groups is 1. The highest BCUT2D eigenvalue weighted by atomic mass is 35.5. The third-order valence-electron chi connectivity index (χ3n) is 4.58. The van der Waals surface area contributed by atoms with Crippen molar-refractivity contribution in [2.24, 2.45) is 0 Å². The average Bonchev–Trinajstić information content (AvgIpc) is 3.23. The maximum atomic E-state index is 12.4. The van der Waals surface area contributed by atoms with Crippen LogP contribution in [0.15, 0.2) is 53.7 Å². The Morgan fingerprint density at radius 3 is 2.52 bits per heavy atom. The Morgan fingerprint density at radius 1 is 1.12 bits per heavy atom. The molecule has 1 atom stereocenters. The van der Waals surface area contributed by atoms with Gasteiger partial charge in [-0.05, 0) is 57.2 Å². The van der Waals surface area contributed by atoms with Gasteiger partial charge in [0.2, 0.25) is 5.91 Å². The molecule has 0 saturated heterocycles. The van der Waals surface area contributed by atoms with Crippen molar-refractivity contribution in [1.29, 1.82) is 0 Å². The van der Waals surface area contributed by atoms with Crippen molar-refractivity contribution in [2.75, 3.05) is 17.7 Å². The first-order chi connectivity index (χ1) is 15.9. The minimum absolute atomic E-state index is 0.150. The van der Waals surface area contributed by atoms with Crippen molar-refractivity contribution in [1.82, 2.24) is 14.8 Å². The van der Waals surface area contributed by atoms with Crippen molar-refractivity contribution >= 4 is 40.9 Å². The maximum Gasteiger partial charge on any atom is 0.338 e. The fraction of sp³-hybridized carbons (Fsp3) is 0.304. The molecule has 3 rings (SSSR count). The first-order valence-corrected chi connectivity index (χ1v) is 11.8. The molecule has 0 aliphatic heterocycles. The Bertz CT molecular complexity index is 1100. The molecule has 2 aromatic carbocycles. The predicted molar refractivity (Wildman–Crippen MR) is 128 cm³/mol. The van der Waals surface area contributed by atoms with Crippen molar-refractivity contribution < 1.29 is 19.1 Å². The number of halogens is 1. The van der Waals surface area contributed by atoms with E-state index in [2.05, 4.69) is 15.5 Å². The van der Waals surface area contributed by atoms with Gasteiger partial charge in [0, 0.05) is 12.2 Å². The number of hydrogen-bond acceptors (Lipinski definition) is 7. The number of benzene rings is 2. The number of nitrogens with one attached hydrogen (secondary N) is 1. The SMILES string of the molecule is CCOC(=O)c1ccc(NC(=O)CSc2nnc(C(C)Oc3ccccc3Cl)n2CC)cc1. The molecule has 0 aliphatic carbocycles. The summed E-state index contributed by atoms with van der Waals surface area (Å²) < 4.78 is 12.8. The van der Waals surface area contributed by atoms with Crippen LogP contribution in [0.3, 0.4) is 0 Å². The van der Waals surface area contributed by atoms with Crippen LogP contribution in [0, 0.1) is 0 Å². The van der Waals surface area contributed by atoms with E-state index in [1.54, 1.807) is 43.3 Å². The zero-order valence-corrected chi connectivity index (χ0v) is 20.2. The van der Waals surface area contributed by atoms with E-state index in [1.807, 2.05) is 30.5 Å². The summed E-state index contributed by atoms with van der Waals surface area (Å²) in [6.07, 6.45) is -0.376. The standard InChI is InChI=1S/C23H25ClN4O4S/c1-4-28-21(15(3)32-19-9-7-6-8-18(19)24)26-27-23(28)33-14-20(29)25-17-12-10-16(11-13-17)22(30)31-5-2/h6-13,15H,4-5,14H2,1-3H3,(H,25,29). The van der Waals surface area contributed by atoms with Gasteiger partial charge in [-0.25, -0.2) is 4.79 Å². The molecule has 33 heavy (non-hydrogen) atoms. The van der Waals surface area contributed by atoms with Crippen LogP contribution in [0.4, 0.5) is 5.69 Å². The first-order valence-electron chi connectivity index (χ1n) is 10.5. The van der Waals surface area contributed by atoms with Crippen molar-refractivity contribution in [2.45, 2.75) is 38.6 Å². The van der Waals surface area contributed by atoms with Crippen LogP contribution >= 0.6 is 23.4 Å². The summed E-state index contributed by atoms with van der Waals surface area (Å²) in [5.41, 5.74) is 1.02. The monoisotopic (exact) mass is 488 g/mol. The summed E-state index contributed by atoms with van der Waals surface area (Å²) in [5.74, 6) is 0.775. The molecule has 0 fully saturated rings. The molecule has 0 aliphatic rings. The average molecular weight is 489 g/mol. The molecule has 0 saturated carbocycles. The molecule has 174 valence electrons. The van der Waals surface area contributed by atoms with Gasteiger partial charge in [0.15, 0.2) is 17.1 Å². The van der Waals surface area contributed by atoms with Crippen LogP contribution in [0.25, 0.3) is 0 Å². The Kier molecular flexibility index (Phi) is 8.73. The Morgan fingerprint density at radius 2 is 1.85 bits per heavy atom. The predicted octanol–water partition coefficient (Wildman–Crippen LogP) is 5.00. The summed E-state index contributed by atoms with van der Waals surface area (Å²) in [6, 6.07) is 13.8. The van der Waals surface area contributed by atoms with Crippen LogP contribution in [0.5, 0.6) is 5.75 Å². The van der Waals surface area contributed by atoms with E-state index in [4.69, 9.17) is 21.1 Å². The summed E-state index contributed by atoms with van der Waals surface area (Å²) >= 11 is 7.47. The molecule has 1 heterocycles. The van der Waals surface area contributed by atoms with Gasteiger partial charge >= 0.3 is 5.97 Å². The van der Waals surface area contributed by atoms with E-state index in [0.717, 1.165) is 0 Å². The lowest BCUT2D eigenvalue weighted by molar-refractivity contribution is -0.113. The number of carbonyl (C=O) groups is 2. The first kappa shape index (κ1) is 24.6. The molecule has 1 amide bonds. The molecule has 0 bridgehead atoms. The molecule has 3 aromatic rings. The summed E-state index contributed by atoms with van der Waals surface area (Å²) in [5, 5.41) is 12.4. The topological polar surface area (TPSA) is 95.3 Å². The second-order valence-corrected chi connectivity index (χ2v) is 8.26. The highest BCUT2D eigenvalue weighted by Gasteiger charge is 2.20. The van der Waals surface area contributed by atoms with Gasteiger partial charge < -0.3 is 19.4 Å². The number of amides is 1. The molecule has 10 heteroatoms. The number of rotatable bonds is 10. The third-order valence-corrected chi connectivity index (χ3v) is 5.86. The zero-order valence-electron chi connectivity index (χ0n) is 18.6. The fourth-order valence-electron chi connectivity index (χ4n) is 3.02. The molecule has 0 radical (unpaired) electrons. The molecule has 1 aromatic heterocycles. The highest BCUT2D eigenvalue weighted by Crippen LogP contribution is 2.29. The summed E-state index contributed by atoms with van der Waals surface area (Å²) in [4.78, 5) is 24.1. The van der Waals surface area contributed by atoms with Crippen molar-refractivity contribution in [3.8, 4) is 5.75 Å². The summed E-state index contributed by atoms with van der Waals surface area (Å²) in [6.45, 7) is 6.53. The zero-order chi connectivity index (χ0) is 23.8. The lowest BCUT2D eigenvalue weighted by Crippen LogP contribution is -2.15. The maximum absolute atomic E-state index is 12.4. The molecule has 8 nitrogen and oxygen atoms in total. The van der Waals surface area contributed by atoms with Gasteiger partial charge in [-0.2, -0.15) is 0 Å². The number of carbonyl (C=O) groups excluding carboxylic acids is 2. The fourth-order valence-corrected chi connectivity index (χ4v) is 4.01. The minimum atomic E-state index is -0.395. The normalized spacial score (nSPS) is 11.6. The van der Waals surface area contributed by atoms with Gasteiger partial charge in [-0.3, -0.25) is 4.79 Å². The second kappa shape index (κ2) is 11.7. The van der Waals surface area contributed by atoms with E-state index in [9.17, 15) is 9.59 Å². The van der Waals surface area contributed by atoms with Crippen LogP contribution in [0.1, 0.15) is 43.1 Å². The number of ether oxygens (including phenoxy) is 2. The van der Waals surface area contributed by atoms with E-state index >= 15 is 0 Å². The quantitative estimate of drug-likeness (QED) is 0.317. The molecule has 1 unspecified atom stereocenters. The van der Waals surface area contributed by atoms with Crippen molar-refractivity contribution in [3.63, 3.8) is 0 Å². The van der Waals surface area contributed by atoms with Crippen LogP contribution in [-0.4, -0.2) is 39.0 Å². The number of aromatic nitrogens is 3. The molecular weight excluding hydrogens is 464 g/mol. The Balaban J connectivity index is 1.59. The lowest BCUT2D eigenvalue weighted by atomic mass is 10.2. The number of esters is 1. The number of nitrogens with zero attached hydrogens (tertiary/aromatic N) is 3. The molecule has 0 spiro atoms. The summed E-state index contributed by atoms with van der Waals surface area (Å²) in [7, 11) is 0. The van der Waals surface area contributed by atoms with Crippen LogP contribution in [0.2, 0.25) is 5.02 Å². The third kappa shape index (κ3) is 6.49. The van der Waals surface area contributed by atoms with Crippen LogP contribution in [-0.2, 0) is 16.1 Å². The van der Waals surface area contributed by atoms with Crippen molar-refractivity contribution in [3.05, 3.63) is 64.9 Å². The number of para-hydroxylation sites is 1. The van der Waals surface area contributed by atoms with Gasteiger partial charge in [0.1, 0.15) is 5.75 Å². The van der Waals surface area contributed by atoms with E-state index in [0.29, 0.717) is 46.2 Å². The minimum Gasteiger partial charge on any atom is -0.481 e. The smallest absolute Gasteiger partial charge is 0.338 e. The van der Waals surface area contributed by atoms with E-state index in [-0.39, 0.29) is 17.8 Å². The Hall–Kier alpha value is -3.04. The Labute approximate surface area is 201 Å². The van der Waals surface area contributed by atoms with Gasteiger partial charge in [-0.15, -0.1) is 10.2 Å². The lowest BCUT2D eigenvalue weighted by Gasteiger charge is -2.16. The number of hydrogen-bond donors (Lipinski definition) is 1. The molecule has 1 N–H and O–H groups in total. The highest BCUT2D eigenvalue weighted by molar-refractivity contribution is 7.99. The largest absolute Gasteiger partial charge is 0.481 e. The van der Waals surface area contributed by atoms with Crippen LogP contribution < -0.4 is 10.1 Å². The van der Waals surface area contributed by atoms with Gasteiger partial charge in [0.05, 0.1) is 22.9 Å². The van der Waals surface area contributed by atoms with Gasteiger partial charge in [0.25, 0.3) is 0 Å². The van der Waals surface area contributed by atoms with Gasteiger partial charge in [-0.1, -0.05) is 35.5 Å². The van der Waals surface area contributed by atoms with E-state index < -0.39 is 5.97 Å². The number of anilines is 1. The second-order valence-electron chi connectivity index (χ2n) is 6.91. The molecular formula is C23H25ClN4O4S.